The quantitative estimate of drug-likeness (QED) is 0.550. The average Bonchev–Trinajstić information content (AvgIpc) is 3.10. The van der Waals surface area contributed by atoms with Gasteiger partial charge in [-0.15, -0.1) is 0 Å². The van der Waals surface area contributed by atoms with E-state index in [1.165, 1.54) is 4.57 Å². The van der Waals surface area contributed by atoms with Crippen molar-refractivity contribution in [1.82, 2.24) is 19.1 Å². The molecule has 0 spiro atoms. The Bertz CT molecular complexity index is 1290. The molecule has 0 atom stereocenters. The minimum atomic E-state index is -0.522. The Morgan fingerprint density at radius 3 is 2.38 bits per heavy atom. The van der Waals surface area contributed by atoms with Gasteiger partial charge in [-0.05, 0) is 5.56 Å². The summed E-state index contributed by atoms with van der Waals surface area (Å²) < 4.78 is 3.08. The van der Waals surface area contributed by atoms with E-state index in [4.69, 9.17) is 0 Å². The van der Waals surface area contributed by atoms with Crippen molar-refractivity contribution in [2.45, 2.75) is 12.3 Å². The first-order valence-corrected chi connectivity index (χ1v) is 9.97. The third-order valence-electron chi connectivity index (χ3n) is 4.61. The van der Waals surface area contributed by atoms with Gasteiger partial charge in [0.1, 0.15) is 5.82 Å². The molecule has 0 aliphatic rings. The largest absolute Gasteiger partial charge is 0.329 e. The Morgan fingerprint density at radius 1 is 1.03 bits per heavy atom. The van der Waals surface area contributed by atoms with Crippen molar-refractivity contribution < 1.29 is 4.79 Å². The highest BCUT2D eigenvalue weighted by molar-refractivity contribution is 8.13. The highest BCUT2D eigenvalue weighted by Gasteiger charge is 2.19. The molecule has 0 saturated heterocycles. The van der Waals surface area contributed by atoms with Crippen molar-refractivity contribution in [2.75, 3.05) is 0 Å². The maximum atomic E-state index is 12.5. The smallest absolute Gasteiger partial charge is 0.317 e. The first kappa shape index (κ1) is 18.9. The second-order valence-corrected chi connectivity index (χ2v) is 7.48. The van der Waals surface area contributed by atoms with Crippen LogP contribution in [0.3, 0.4) is 0 Å². The molecule has 1 N–H and O–H groups in total. The van der Waals surface area contributed by atoms with E-state index >= 15 is 0 Å². The third kappa shape index (κ3) is 3.79. The fourth-order valence-electron chi connectivity index (χ4n) is 3.11. The molecule has 2 heterocycles. The lowest BCUT2D eigenvalue weighted by Gasteiger charge is -2.09. The molecule has 2 aromatic heterocycles. The number of rotatable bonds is 5. The zero-order chi connectivity index (χ0) is 20.4. The molecule has 2 aromatic carbocycles. The van der Waals surface area contributed by atoms with Crippen LogP contribution in [0, 0.1) is 0 Å². The van der Waals surface area contributed by atoms with E-state index in [1.54, 1.807) is 23.7 Å². The molecule has 0 saturated carbocycles. The second kappa shape index (κ2) is 7.92. The number of nitrogens with zero attached hydrogens (tertiary/aromatic N) is 3. The minimum Gasteiger partial charge on any atom is -0.317 e. The van der Waals surface area contributed by atoms with Gasteiger partial charge in [-0.25, -0.2) is 9.78 Å². The Morgan fingerprint density at radius 2 is 1.69 bits per heavy atom. The molecule has 0 radical (unpaired) electrons. The third-order valence-corrected chi connectivity index (χ3v) is 5.51. The normalized spacial score (nSPS) is 11.1. The van der Waals surface area contributed by atoms with Crippen molar-refractivity contribution >= 4 is 28.0 Å². The molecule has 0 aliphatic heterocycles. The van der Waals surface area contributed by atoms with Crippen LogP contribution in [0.4, 0.5) is 0 Å². The molecule has 4 rings (SSSR count). The Hall–Kier alpha value is -3.39. The van der Waals surface area contributed by atoms with Gasteiger partial charge in [0.25, 0.3) is 5.56 Å². The molecule has 29 heavy (non-hydrogen) atoms. The van der Waals surface area contributed by atoms with Crippen LogP contribution < -0.4 is 11.2 Å². The molecule has 146 valence electrons. The zero-order valence-electron chi connectivity index (χ0n) is 15.7. The average molecular weight is 406 g/mol. The molecule has 7 nitrogen and oxygen atoms in total. The number of aromatic nitrogens is 4. The highest BCUT2D eigenvalue weighted by Crippen LogP contribution is 2.21. The van der Waals surface area contributed by atoms with Crippen molar-refractivity contribution in [3.63, 3.8) is 0 Å². The molecule has 0 unspecified atom stereocenters. The molecule has 0 aliphatic carbocycles. The van der Waals surface area contributed by atoms with E-state index in [0.717, 1.165) is 17.3 Å². The lowest BCUT2D eigenvalue weighted by atomic mass is 10.2. The van der Waals surface area contributed by atoms with Crippen LogP contribution in [0.2, 0.25) is 0 Å². The van der Waals surface area contributed by atoms with Crippen LogP contribution in [0.5, 0.6) is 0 Å². The lowest BCUT2D eigenvalue weighted by Crippen LogP contribution is -2.29. The fourth-order valence-corrected chi connectivity index (χ4v) is 3.90. The van der Waals surface area contributed by atoms with Crippen LogP contribution in [0.15, 0.2) is 70.3 Å². The molecule has 0 amide bonds. The number of benzene rings is 2. The zero-order valence-corrected chi connectivity index (χ0v) is 16.5. The molecule has 8 heteroatoms. The number of imidazole rings is 1. The monoisotopic (exact) mass is 406 g/mol. The van der Waals surface area contributed by atoms with Crippen LogP contribution in [-0.4, -0.2) is 24.2 Å². The lowest BCUT2D eigenvalue weighted by molar-refractivity contribution is 0.108. The van der Waals surface area contributed by atoms with Gasteiger partial charge in [-0.3, -0.25) is 19.1 Å². The summed E-state index contributed by atoms with van der Waals surface area (Å²) in [6.07, 6.45) is 0. The summed E-state index contributed by atoms with van der Waals surface area (Å²) in [5.74, 6) is 0.841. The van der Waals surface area contributed by atoms with Crippen molar-refractivity contribution in [3.05, 3.63) is 98.5 Å². The Kier molecular flexibility index (Phi) is 5.18. The standard InChI is InChI=1S/C21H18N4O3S/c1-24-18-17(19(26)23-21(24)28)25(12-14-8-4-2-5-9-14)16(22-18)13-29-20(27)15-10-6-3-7-11-15/h2-11H,12-13H2,1H3,(H,23,26,28). The van der Waals surface area contributed by atoms with E-state index in [-0.39, 0.29) is 10.9 Å². The number of thioether (sulfide) groups is 1. The van der Waals surface area contributed by atoms with Crippen LogP contribution in [-0.2, 0) is 19.3 Å². The molecule has 0 fully saturated rings. The van der Waals surface area contributed by atoms with E-state index in [0.29, 0.717) is 29.1 Å². The Balaban J connectivity index is 1.76. The van der Waals surface area contributed by atoms with Gasteiger partial charge in [-0.1, -0.05) is 72.4 Å². The van der Waals surface area contributed by atoms with Crippen molar-refractivity contribution in [2.24, 2.45) is 7.05 Å². The molecular weight excluding hydrogens is 388 g/mol. The summed E-state index contributed by atoms with van der Waals surface area (Å²) in [6.45, 7) is 0.411. The van der Waals surface area contributed by atoms with Gasteiger partial charge < -0.3 is 4.57 Å². The van der Waals surface area contributed by atoms with E-state index in [1.807, 2.05) is 48.5 Å². The summed E-state index contributed by atoms with van der Waals surface area (Å²) in [6, 6.07) is 18.7. The van der Waals surface area contributed by atoms with E-state index < -0.39 is 11.2 Å². The predicted octanol–water partition coefficient (Wildman–Crippen LogP) is 2.55. The fraction of sp³-hybridized carbons (Fsp3) is 0.143. The number of fused-ring (bicyclic) bond motifs is 1. The number of hydrogen-bond donors (Lipinski definition) is 1. The number of H-pyrrole nitrogens is 1. The number of nitrogens with one attached hydrogen (secondary N) is 1. The predicted molar refractivity (Wildman–Crippen MR) is 113 cm³/mol. The summed E-state index contributed by atoms with van der Waals surface area (Å²) >= 11 is 1.12. The SMILES string of the molecule is Cn1c(=O)[nH]c(=O)c2c1nc(CSC(=O)c1ccccc1)n2Cc1ccccc1. The number of aromatic amines is 1. The molecular formula is C21H18N4O3S. The Labute approximate surface area is 170 Å². The van der Waals surface area contributed by atoms with Crippen LogP contribution in [0.25, 0.3) is 11.2 Å². The number of carbonyl (C=O) groups excluding carboxylic acids is 1. The van der Waals surface area contributed by atoms with E-state index in [9.17, 15) is 14.4 Å². The summed E-state index contributed by atoms with van der Waals surface area (Å²) in [7, 11) is 1.56. The topological polar surface area (TPSA) is 89.8 Å². The van der Waals surface area contributed by atoms with Gasteiger partial charge in [0, 0.05) is 19.2 Å². The maximum Gasteiger partial charge on any atom is 0.329 e. The van der Waals surface area contributed by atoms with E-state index in [2.05, 4.69) is 9.97 Å². The summed E-state index contributed by atoms with van der Waals surface area (Å²) in [4.78, 5) is 43.9. The maximum absolute atomic E-state index is 12.5. The highest BCUT2D eigenvalue weighted by atomic mass is 32.2. The number of aryl methyl sites for hydroxylation is 1. The van der Waals surface area contributed by atoms with Crippen molar-refractivity contribution in [3.8, 4) is 0 Å². The number of carbonyl (C=O) groups is 1. The second-order valence-electron chi connectivity index (χ2n) is 6.53. The minimum absolute atomic E-state index is 0.0771. The van der Waals surface area contributed by atoms with Crippen molar-refractivity contribution in [1.29, 1.82) is 0 Å². The first-order valence-electron chi connectivity index (χ1n) is 8.99. The first-order chi connectivity index (χ1) is 14.0. The van der Waals surface area contributed by atoms with Gasteiger partial charge in [0.15, 0.2) is 11.2 Å². The molecule has 4 aromatic rings. The van der Waals surface area contributed by atoms with Gasteiger partial charge in [0.2, 0.25) is 5.12 Å². The van der Waals surface area contributed by atoms with Gasteiger partial charge in [0.05, 0.1) is 5.75 Å². The van der Waals surface area contributed by atoms with Crippen LogP contribution >= 0.6 is 11.8 Å². The summed E-state index contributed by atoms with van der Waals surface area (Å²) in [5.41, 5.74) is 1.20. The number of hydrogen-bond acceptors (Lipinski definition) is 5. The summed E-state index contributed by atoms with van der Waals surface area (Å²) in [5, 5.41) is -0.0771. The molecule has 0 bridgehead atoms. The van der Waals surface area contributed by atoms with Gasteiger partial charge in [-0.2, -0.15) is 0 Å². The van der Waals surface area contributed by atoms with Gasteiger partial charge >= 0.3 is 5.69 Å². The van der Waals surface area contributed by atoms with Crippen LogP contribution in [0.1, 0.15) is 21.7 Å².